The number of nitrogens with zero attached hydrogens (tertiary/aromatic N) is 2. The lowest BCUT2D eigenvalue weighted by molar-refractivity contribution is 0.102. The van der Waals surface area contributed by atoms with Crippen molar-refractivity contribution >= 4 is 43.4 Å². The molecule has 2 aromatic carbocycles. The molecule has 0 aliphatic carbocycles. The summed E-state index contributed by atoms with van der Waals surface area (Å²) in [4.78, 5) is 20.1. The van der Waals surface area contributed by atoms with Crippen LogP contribution in [0.15, 0.2) is 64.0 Å². The number of methoxy groups -OCH3 is 2. The second-order valence-corrected chi connectivity index (χ2v) is 8.47. The van der Waals surface area contributed by atoms with Gasteiger partial charge in [-0.15, -0.1) is 0 Å². The summed E-state index contributed by atoms with van der Waals surface area (Å²) in [5, 5.41) is 2.71. The van der Waals surface area contributed by atoms with Gasteiger partial charge >= 0.3 is 6.01 Å². The molecule has 0 aliphatic heterocycles. The van der Waals surface area contributed by atoms with Crippen LogP contribution in [0.25, 0.3) is 0 Å². The Bertz CT molecular complexity index is 1130. The smallest absolute Gasteiger partial charge is 0.321 e. The quantitative estimate of drug-likeness (QED) is 0.518. The molecular weight excluding hydrogens is 476 g/mol. The van der Waals surface area contributed by atoms with Gasteiger partial charge in [0.2, 0.25) is 5.88 Å². The summed E-state index contributed by atoms with van der Waals surface area (Å²) in [6, 6.07) is 13.9. The molecule has 1 amide bonds. The van der Waals surface area contributed by atoms with E-state index in [0.29, 0.717) is 11.3 Å². The fourth-order valence-corrected chi connectivity index (χ4v) is 3.63. The van der Waals surface area contributed by atoms with E-state index in [-0.39, 0.29) is 28.5 Å². The van der Waals surface area contributed by atoms with Crippen LogP contribution in [0.5, 0.6) is 11.9 Å². The summed E-state index contributed by atoms with van der Waals surface area (Å²) in [6.45, 7) is 0. The predicted molar refractivity (Wildman–Crippen MR) is 114 cm³/mol. The highest BCUT2D eigenvalue weighted by molar-refractivity contribution is 9.10. The largest absolute Gasteiger partial charge is 0.481 e. The van der Waals surface area contributed by atoms with Crippen molar-refractivity contribution in [3.63, 3.8) is 0 Å². The molecule has 0 saturated heterocycles. The molecule has 2 N–H and O–H groups in total. The predicted octanol–water partition coefficient (Wildman–Crippen LogP) is 3.31. The van der Waals surface area contributed by atoms with Crippen molar-refractivity contribution in [1.82, 2.24) is 9.97 Å². The average molecular weight is 493 g/mol. The third-order valence-electron chi connectivity index (χ3n) is 3.84. The molecule has 0 radical (unpaired) electrons. The van der Waals surface area contributed by atoms with Crippen LogP contribution in [0.3, 0.4) is 0 Å². The van der Waals surface area contributed by atoms with E-state index >= 15 is 0 Å². The van der Waals surface area contributed by atoms with Gasteiger partial charge < -0.3 is 14.8 Å². The Morgan fingerprint density at radius 2 is 1.63 bits per heavy atom. The van der Waals surface area contributed by atoms with Crippen LogP contribution in [-0.2, 0) is 10.0 Å². The Balaban J connectivity index is 1.74. The first-order valence-corrected chi connectivity index (χ1v) is 10.8. The maximum absolute atomic E-state index is 12.6. The van der Waals surface area contributed by atoms with Gasteiger partial charge in [0.25, 0.3) is 15.9 Å². The Labute approximate surface area is 181 Å². The SMILES string of the molecule is COc1cc(NS(=O)(=O)c2ccc(NC(=O)c3ccc(Br)cc3)cc2)nc(OC)n1. The van der Waals surface area contributed by atoms with E-state index in [0.717, 1.165) is 4.47 Å². The lowest BCUT2D eigenvalue weighted by Crippen LogP contribution is -2.15. The average Bonchev–Trinajstić information content (AvgIpc) is 2.74. The van der Waals surface area contributed by atoms with E-state index in [1.54, 1.807) is 24.3 Å². The standard InChI is InChI=1S/C19H17BrN4O5S/c1-28-17-11-16(22-19(23-17)29-2)24-30(26,27)15-9-7-14(8-10-15)21-18(25)12-3-5-13(20)6-4-12/h3-11H,1-2H3,(H,21,25)(H,22,23,24). The summed E-state index contributed by atoms with van der Waals surface area (Å²) in [6.07, 6.45) is 0. The van der Waals surface area contributed by atoms with Gasteiger partial charge in [-0.1, -0.05) is 15.9 Å². The lowest BCUT2D eigenvalue weighted by Gasteiger charge is -2.10. The number of rotatable bonds is 7. The maximum atomic E-state index is 12.6. The number of ether oxygens (including phenoxy) is 2. The van der Waals surface area contributed by atoms with Gasteiger partial charge in [-0.2, -0.15) is 9.97 Å². The summed E-state index contributed by atoms with van der Waals surface area (Å²) in [5.74, 6) is -0.173. The van der Waals surface area contributed by atoms with Gasteiger partial charge in [0.1, 0.15) is 0 Å². The summed E-state index contributed by atoms with van der Waals surface area (Å²) < 4.78 is 38.4. The minimum absolute atomic E-state index is 0.00804. The number of carbonyl (C=O) groups excluding carboxylic acids is 1. The third kappa shape index (κ3) is 5.24. The fourth-order valence-electron chi connectivity index (χ4n) is 2.37. The first kappa shape index (κ1) is 21.5. The van der Waals surface area contributed by atoms with Crippen molar-refractivity contribution in [3.05, 3.63) is 64.6 Å². The zero-order valence-corrected chi connectivity index (χ0v) is 18.3. The van der Waals surface area contributed by atoms with Gasteiger partial charge in [0, 0.05) is 21.8 Å². The van der Waals surface area contributed by atoms with Crippen LogP contribution in [0.1, 0.15) is 10.4 Å². The van der Waals surface area contributed by atoms with Gasteiger partial charge in [-0.05, 0) is 48.5 Å². The van der Waals surface area contributed by atoms with Gasteiger partial charge in [0.05, 0.1) is 19.1 Å². The highest BCUT2D eigenvalue weighted by atomic mass is 79.9. The van der Waals surface area contributed by atoms with E-state index in [4.69, 9.17) is 9.47 Å². The number of carbonyl (C=O) groups is 1. The zero-order chi connectivity index (χ0) is 21.7. The number of amides is 1. The molecule has 0 spiro atoms. The van der Waals surface area contributed by atoms with E-state index in [1.165, 1.54) is 44.6 Å². The number of nitrogens with one attached hydrogen (secondary N) is 2. The van der Waals surface area contributed by atoms with Crippen molar-refractivity contribution in [2.75, 3.05) is 24.3 Å². The molecule has 0 fully saturated rings. The van der Waals surface area contributed by atoms with Crippen LogP contribution in [-0.4, -0.2) is 38.5 Å². The third-order valence-corrected chi connectivity index (χ3v) is 5.74. The zero-order valence-electron chi connectivity index (χ0n) is 15.9. The molecule has 0 saturated carbocycles. The monoisotopic (exact) mass is 492 g/mol. The van der Waals surface area contributed by atoms with Crippen LogP contribution in [0.2, 0.25) is 0 Å². The molecule has 0 bridgehead atoms. The number of halogens is 1. The number of benzene rings is 2. The van der Waals surface area contributed by atoms with E-state index in [1.807, 2.05) is 0 Å². The van der Waals surface area contributed by atoms with Crippen LogP contribution in [0.4, 0.5) is 11.5 Å². The van der Waals surface area contributed by atoms with Crippen molar-refractivity contribution in [2.45, 2.75) is 4.90 Å². The molecule has 0 aliphatic rings. The van der Waals surface area contributed by atoms with E-state index in [2.05, 4.69) is 35.9 Å². The number of hydrogen-bond acceptors (Lipinski definition) is 7. The Kier molecular flexibility index (Phi) is 6.53. The highest BCUT2D eigenvalue weighted by Crippen LogP contribution is 2.22. The summed E-state index contributed by atoms with van der Waals surface area (Å²) in [5.41, 5.74) is 0.926. The summed E-state index contributed by atoms with van der Waals surface area (Å²) >= 11 is 3.31. The Hall–Kier alpha value is -3.18. The van der Waals surface area contributed by atoms with E-state index < -0.39 is 10.0 Å². The molecule has 156 valence electrons. The number of hydrogen-bond donors (Lipinski definition) is 2. The van der Waals surface area contributed by atoms with E-state index in [9.17, 15) is 13.2 Å². The van der Waals surface area contributed by atoms with Gasteiger partial charge in [-0.25, -0.2) is 8.42 Å². The molecule has 3 aromatic rings. The molecule has 0 atom stereocenters. The minimum Gasteiger partial charge on any atom is -0.481 e. The molecule has 9 nitrogen and oxygen atoms in total. The molecule has 11 heteroatoms. The molecule has 0 unspecified atom stereocenters. The van der Waals surface area contributed by atoms with Crippen LogP contribution in [0, 0.1) is 0 Å². The lowest BCUT2D eigenvalue weighted by atomic mass is 10.2. The van der Waals surface area contributed by atoms with Crippen LogP contribution < -0.4 is 19.5 Å². The normalized spacial score (nSPS) is 10.9. The Morgan fingerprint density at radius 1 is 0.967 bits per heavy atom. The topological polar surface area (TPSA) is 120 Å². The maximum Gasteiger partial charge on any atom is 0.321 e. The Morgan fingerprint density at radius 3 is 2.23 bits per heavy atom. The molecule has 1 heterocycles. The highest BCUT2D eigenvalue weighted by Gasteiger charge is 2.17. The van der Waals surface area contributed by atoms with Gasteiger partial charge in [0.15, 0.2) is 5.82 Å². The first-order chi connectivity index (χ1) is 14.3. The molecular formula is C19H17BrN4O5S. The fraction of sp³-hybridized carbons (Fsp3) is 0.105. The van der Waals surface area contributed by atoms with Crippen molar-refractivity contribution in [1.29, 1.82) is 0 Å². The second-order valence-electron chi connectivity index (χ2n) is 5.87. The second kappa shape index (κ2) is 9.09. The molecule has 3 rings (SSSR count). The van der Waals surface area contributed by atoms with Crippen molar-refractivity contribution in [3.8, 4) is 11.9 Å². The number of aromatic nitrogens is 2. The van der Waals surface area contributed by atoms with Crippen molar-refractivity contribution < 1.29 is 22.7 Å². The minimum atomic E-state index is -3.93. The number of anilines is 2. The van der Waals surface area contributed by atoms with Crippen molar-refractivity contribution in [2.24, 2.45) is 0 Å². The molecule has 30 heavy (non-hydrogen) atoms. The van der Waals surface area contributed by atoms with Gasteiger partial charge in [-0.3, -0.25) is 9.52 Å². The summed E-state index contributed by atoms with van der Waals surface area (Å²) in [7, 11) is -1.19. The van der Waals surface area contributed by atoms with Crippen LogP contribution >= 0.6 is 15.9 Å². The first-order valence-electron chi connectivity index (χ1n) is 8.47. The number of sulfonamides is 1. The molecule has 1 aromatic heterocycles.